The summed E-state index contributed by atoms with van der Waals surface area (Å²) < 4.78 is 0. The zero-order chi connectivity index (χ0) is 27.1. The average Bonchev–Trinajstić information content (AvgIpc) is 3.28. The predicted octanol–water partition coefficient (Wildman–Crippen LogP) is 6.20. The zero-order valence-electron chi connectivity index (χ0n) is 22.0. The Bertz CT molecular complexity index is 1440. The van der Waals surface area contributed by atoms with Crippen LogP contribution in [0.1, 0.15) is 73.6 Å². The van der Waals surface area contributed by atoms with E-state index in [2.05, 4.69) is 58.8 Å². The van der Waals surface area contributed by atoms with Crippen molar-refractivity contribution >= 4 is 11.9 Å². The van der Waals surface area contributed by atoms with Crippen LogP contribution in [0.25, 0.3) is 33.6 Å². The summed E-state index contributed by atoms with van der Waals surface area (Å²) >= 11 is 0. The van der Waals surface area contributed by atoms with Gasteiger partial charge in [0.2, 0.25) is 5.91 Å². The van der Waals surface area contributed by atoms with Gasteiger partial charge in [-0.15, -0.1) is 0 Å². The molecule has 190 valence electrons. The van der Waals surface area contributed by atoms with Crippen LogP contribution in [0.3, 0.4) is 0 Å². The number of primary amides is 1. The number of amides is 1. The van der Waals surface area contributed by atoms with Gasteiger partial charge in [0, 0.05) is 44.5 Å². The fourth-order valence-corrected chi connectivity index (χ4v) is 4.06. The van der Waals surface area contributed by atoms with Crippen molar-refractivity contribution in [1.82, 2.24) is 15.2 Å². The molecule has 0 unspecified atom stereocenters. The molecule has 4 rings (SSSR count). The highest BCUT2D eigenvalue weighted by atomic mass is 16.4. The number of H-pyrrole nitrogens is 1. The fourth-order valence-electron chi connectivity index (χ4n) is 4.06. The van der Waals surface area contributed by atoms with Crippen LogP contribution in [0.15, 0.2) is 60.7 Å². The Labute approximate surface area is 216 Å². The van der Waals surface area contributed by atoms with E-state index >= 15 is 0 Å². The summed E-state index contributed by atoms with van der Waals surface area (Å²) in [5, 5.41) is 17.2. The molecule has 0 atom stereocenters. The lowest BCUT2D eigenvalue weighted by Gasteiger charge is -2.24. The van der Waals surface area contributed by atoms with Crippen LogP contribution in [0.5, 0.6) is 0 Å². The number of carbonyl (C=O) groups is 2. The maximum atomic E-state index is 11.7. The topological polar surface area (TPSA) is 122 Å². The van der Waals surface area contributed by atoms with Crippen LogP contribution in [0.4, 0.5) is 0 Å². The van der Waals surface area contributed by atoms with Gasteiger partial charge in [0.15, 0.2) is 0 Å². The molecular formula is C30H32N4O3. The minimum Gasteiger partial charge on any atom is -0.478 e. The van der Waals surface area contributed by atoms with Gasteiger partial charge in [0.25, 0.3) is 0 Å². The third kappa shape index (κ3) is 5.31. The van der Waals surface area contributed by atoms with E-state index in [0.29, 0.717) is 5.56 Å². The number of rotatable bonds is 5. The molecule has 1 amide bonds. The van der Waals surface area contributed by atoms with E-state index in [9.17, 15) is 14.7 Å². The highest BCUT2D eigenvalue weighted by Crippen LogP contribution is 2.40. The van der Waals surface area contributed by atoms with Crippen molar-refractivity contribution in [3.05, 3.63) is 83.2 Å². The van der Waals surface area contributed by atoms with Gasteiger partial charge in [-0.1, -0.05) is 65.8 Å². The first-order chi connectivity index (χ1) is 17.3. The van der Waals surface area contributed by atoms with Crippen LogP contribution in [-0.2, 0) is 10.8 Å². The maximum Gasteiger partial charge on any atom is 0.335 e. The Morgan fingerprint density at radius 2 is 1.24 bits per heavy atom. The monoisotopic (exact) mass is 496 g/mol. The molecular weight excluding hydrogens is 464 g/mol. The lowest BCUT2D eigenvalue weighted by Crippen LogP contribution is -2.20. The quantitative estimate of drug-likeness (QED) is 0.304. The molecule has 4 aromatic rings. The van der Waals surface area contributed by atoms with Gasteiger partial charge in [0.1, 0.15) is 5.69 Å². The Kier molecular flexibility index (Phi) is 6.50. The van der Waals surface area contributed by atoms with Gasteiger partial charge in [-0.2, -0.15) is 5.10 Å². The molecule has 4 N–H and O–H groups in total. The van der Waals surface area contributed by atoms with Crippen LogP contribution in [-0.4, -0.2) is 32.2 Å². The SMILES string of the molecule is CC(C)(C)c1cc(-c2n[nH]c(-c3ccc(C(=O)O)cc3)c2-c2ccc(C(N)=O)cc2)cc(C(C)(C)C)n1. The van der Waals surface area contributed by atoms with Gasteiger partial charge in [0.05, 0.1) is 11.3 Å². The number of hydrogen-bond donors (Lipinski definition) is 3. The minimum absolute atomic E-state index is 0.175. The lowest BCUT2D eigenvalue weighted by molar-refractivity contribution is 0.0696. The Balaban J connectivity index is 1.99. The molecule has 7 heteroatoms. The first-order valence-corrected chi connectivity index (χ1v) is 12.1. The van der Waals surface area contributed by atoms with Crippen LogP contribution >= 0.6 is 0 Å². The number of pyridine rings is 1. The van der Waals surface area contributed by atoms with Crippen molar-refractivity contribution in [1.29, 1.82) is 0 Å². The molecule has 0 radical (unpaired) electrons. The molecule has 0 aliphatic rings. The molecule has 37 heavy (non-hydrogen) atoms. The maximum absolute atomic E-state index is 11.7. The summed E-state index contributed by atoms with van der Waals surface area (Å²) in [5.74, 6) is -1.48. The molecule has 0 bridgehead atoms. The van der Waals surface area contributed by atoms with Crippen molar-refractivity contribution in [3.8, 4) is 33.6 Å². The summed E-state index contributed by atoms with van der Waals surface area (Å²) in [6, 6.07) is 17.9. The molecule has 0 aliphatic heterocycles. The summed E-state index contributed by atoms with van der Waals surface area (Å²) in [5.41, 5.74) is 12.5. The summed E-state index contributed by atoms with van der Waals surface area (Å²) in [4.78, 5) is 28.0. The molecule has 0 saturated heterocycles. The molecule has 2 heterocycles. The van der Waals surface area contributed by atoms with Crippen molar-refractivity contribution in [2.75, 3.05) is 0 Å². The first kappa shape index (κ1) is 25.8. The summed E-state index contributed by atoms with van der Waals surface area (Å²) in [7, 11) is 0. The number of nitrogens with two attached hydrogens (primary N) is 1. The molecule has 0 saturated carbocycles. The molecule has 2 aromatic heterocycles. The molecule has 2 aromatic carbocycles. The van der Waals surface area contributed by atoms with Gasteiger partial charge in [-0.25, -0.2) is 4.79 Å². The van der Waals surface area contributed by atoms with Crippen LogP contribution in [0.2, 0.25) is 0 Å². The van der Waals surface area contributed by atoms with Gasteiger partial charge < -0.3 is 10.8 Å². The minimum atomic E-state index is -0.986. The van der Waals surface area contributed by atoms with Crippen LogP contribution in [0, 0.1) is 0 Å². The van der Waals surface area contributed by atoms with E-state index in [1.807, 2.05) is 12.1 Å². The van der Waals surface area contributed by atoms with E-state index in [1.165, 1.54) is 0 Å². The molecule has 0 spiro atoms. The normalized spacial score (nSPS) is 11.9. The van der Waals surface area contributed by atoms with E-state index in [-0.39, 0.29) is 16.4 Å². The van der Waals surface area contributed by atoms with Gasteiger partial charge in [-0.05, 0) is 42.0 Å². The number of aromatic amines is 1. The average molecular weight is 497 g/mol. The zero-order valence-corrected chi connectivity index (χ0v) is 22.0. The number of benzene rings is 2. The highest BCUT2D eigenvalue weighted by Gasteiger charge is 2.25. The van der Waals surface area contributed by atoms with E-state index in [4.69, 9.17) is 15.8 Å². The number of nitrogens with one attached hydrogen (secondary N) is 1. The first-order valence-electron chi connectivity index (χ1n) is 12.1. The van der Waals surface area contributed by atoms with Crippen molar-refractivity contribution in [2.24, 2.45) is 5.73 Å². The second-order valence-corrected chi connectivity index (χ2v) is 11.3. The van der Waals surface area contributed by atoms with Crippen molar-refractivity contribution < 1.29 is 14.7 Å². The van der Waals surface area contributed by atoms with Crippen LogP contribution < -0.4 is 5.73 Å². The highest BCUT2D eigenvalue weighted by molar-refractivity contribution is 5.96. The number of carboxylic acid groups (broad SMARTS) is 1. The molecule has 7 nitrogen and oxygen atoms in total. The predicted molar refractivity (Wildman–Crippen MR) is 146 cm³/mol. The number of carboxylic acids is 1. The number of carbonyl (C=O) groups excluding carboxylic acids is 1. The van der Waals surface area contributed by atoms with E-state index in [1.54, 1.807) is 36.4 Å². The number of aromatic nitrogens is 3. The summed E-state index contributed by atoms with van der Waals surface area (Å²) in [6.45, 7) is 12.8. The number of nitrogens with zero attached hydrogens (tertiary/aromatic N) is 2. The third-order valence-electron chi connectivity index (χ3n) is 6.28. The van der Waals surface area contributed by atoms with Crippen molar-refractivity contribution in [3.63, 3.8) is 0 Å². The standard InChI is InChI=1S/C30H32N4O3/c1-29(2,3)22-15-21(16-23(32-22)30(4,5)6)26-24(17-7-11-19(12-8-17)27(31)35)25(33-34-26)18-9-13-20(14-10-18)28(36)37/h7-16H,1-6H3,(H2,31,35)(H,33,34)(H,36,37). The van der Waals surface area contributed by atoms with Gasteiger partial charge >= 0.3 is 5.97 Å². The number of aromatic carboxylic acids is 1. The fraction of sp³-hybridized carbons (Fsp3) is 0.267. The Morgan fingerprint density at radius 3 is 1.70 bits per heavy atom. The Morgan fingerprint density at radius 1 is 0.757 bits per heavy atom. The second-order valence-electron chi connectivity index (χ2n) is 11.3. The smallest absolute Gasteiger partial charge is 0.335 e. The van der Waals surface area contributed by atoms with Gasteiger partial charge in [-0.3, -0.25) is 14.9 Å². The van der Waals surface area contributed by atoms with Crippen molar-refractivity contribution in [2.45, 2.75) is 52.4 Å². The van der Waals surface area contributed by atoms with E-state index in [0.717, 1.165) is 45.0 Å². The van der Waals surface area contributed by atoms with E-state index < -0.39 is 11.9 Å². The molecule has 0 aliphatic carbocycles. The second kappa shape index (κ2) is 9.32. The third-order valence-corrected chi connectivity index (χ3v) is 6.28. The largest absolute Gasteiger partial charge is 0.478 e. The number of hydrogen-bond acceptors (Lipinski definition) is 4. The summed E-state index contributed by atoms with van der Waals surface area (Å²) in [6.07, 6.45) is 0. The lowest BCUT2D eigenvalue weighted by atomic mass is 9.85. The Hall–Kier alpha value is -4.26. The molecule has 0 fully saturated rings.